The van der Waals surface area contributed by atoms with E-state index in [9.17, 15) is 4.79 Å². The van der Waals surface area contributed by atoms with Gasteiger partial charge in [0.25, 0.3) is 0 Å². The molecule has 0 saturated heterocycles. The number of para-hydroxylation sites is 1. The summed E-state index contributed by atoms with van der Waals surface area (Å²) in [5, 5.41) is 3.12. The topological polar surface area (TPSA) is 32.3 Å². The minimum absolute atomic E-state index is 0.0427. The number of carbonyl (C=O) groups excluding carboxylic acids is 1. The maximum absolute atomic E-state index is 12.4. The van der Waals surface area contributed by atoms with Gasteiger partial charge in [-0.2, -0.15) is 0 Å². The lowest BCUT2D eigenvalue weighted by atomic mass is 10.1. The van der Waals surface area contributed by atoms with Crippen LogP contribution in [0.15, 0.2) is 24.3 Å². The fraction of sp³-hybridized carbons (Fsp3) is 0.533. The number of rotatable bonds is 3. The number of amides is 2. The van der Waals surface area contributed by atoms with Crippen LogP contribution in [0.5, 0.6) is 0 Å². The molecule has 3 nitrogen and oxygen atoms in total. The van der Waals surface area contributed by atoms with Gasteiger partial charge in [0.15, 0.2) is 0 Å². The van der Waals surface area contributed by atoms with Crippen molar-refractivity contribution in [2.24, 2.45) is 0 Å². The van der Waals surface area contributed by atoms with Gasteiger partial charge < -0.3 is 5.32 Å². The van der Waals surface area contributed by atoms with Gasteiger partial charge in [0, 0.05) is 17.8 Å². The largest absolute Gasteiger partial charge is 0.335 e. The van der Waals surface area contributed by atoms with Crippen LogP contribution in [0, 0.1) is 0 Å². The number of benzene rings is 1. The molecule has 0 radical (unpaired) electrons. The number of nitrogens with one attached hydrogen (secondary N) is 1. The molecule has 0 fully saturated rings. The summed E-state index contributed by atoms with van der Waals surface area (Å²) in [6, 6.07) is 8.74. The van der Waals surface area contributed by atoms with Crippen molar-refractivity contribution in [2.75, 3.05) is 4.90 Å². The van der Waals surface area contributed by atoms with E-state index < -0.39 is 0 Å². The Balaban J connectivity index is 2.15. The Kier molecular flexibility index (Phi) is 3.90. The molecule has 0 saturated carbocycles. The van der Waals surface area contributed by atoms with Crippen molar-refractivity contribution in [1.29, 1.82) is 0 Å². The van der Waals surface area contributed by atoms with Gasteiger partial charge >= 0.3 is 6.03 Å². The summed E-state index contributed by atoms with van der Waals surface area (Å²) in [6.45, 7) is 6.32. The van der Waals surface area contributed by atoms with Crippen LogP contribution in [0.2, 0.25) is 0 Å². The number of hydrogen-bond donors (Lipinski definition) is 1. The van der Waals surface area contributed by atoms with Gasteiger partial charge in [-0.05, 0) is 37.8 Å². The van der Waals surface area contributed by atoms with Crippen LogP contribution < -0.4 is 10.2 Å². The fourth-order valence-corrected chi connectivity index (χ4v) is 2.61. The smallest absolute Gasteiger partial charge is 0.322 e. The van der Waals surface area contributed by atoms with Gasteiger partial charge in [0.2, 0.25) is 0 Å². The van der Waals surface area contributed by atoms with E-state index in [1.165, 1.54) is 5.56 Å². The third-order valence-electron chi connectivity index (χ3n) is 3.74. The molecular formula is C15H22N2O. The van der Waals surface area contributed by atoms with Crippen molar-refractivity contribution in [3.05, 3.63) is 29.8 Å². The number of carbonyl (C=O) groups is 1. The Morgan fingerprint density at radius 3 is 2.72 bits per heavy atom. The maximum atomic E-state index is 12.4. The van der Waals surface area contributed by atoms with Crippen molar-refractivity contribution < 1.29 is 4.79 Å². The Hall–Kier alpha value is -1.51. The first-order valence-electron chi connectivity index (χ1n) is 6.85. The molecule has 2 rings (SSSR count). The highest BCUT2D eigenvalue weighted by atomic mass is 16.2. The Morgan fingerprint density at radius 1 is 1.39 bits per heavy atom. The molecule has 1 N–H and O–H groups in total. The van der Waals surface area contributed by atoms with E-state index in [-0.39, 0.29) is 18.1 Å². The van der Waals surface area contributed by atoms with Gasteiger partial charge in [0.1, 0.15) is 0 Å². The number of hydrogen-bond acceptors (Lipinski definition) is 1. The molecule has 3 heteroatoms. The molecule has 0 spiro atoms. The number of urea groups is 1. The van der Waals surface area contributed by atoms with Gasteiger partial charge in [-0.3, -0.25) is 4.90 Å². The molecule has 1 atom stereocenters. The second kappa shape index (κ2) is 5.42. The third kappa shape index (κ3) is 2.35. The molecule has 1 unspecified atom stereocenters. The third-order valence-corrected chi connectivity index (χ3v) is 3.74. The van der Waals surface area contributed by atoms with Crippen LogP contribution >= 0.6 is 0 Å². The van der Waals surface area contributed by atoms with E-state index in [4.69, 9.17) is 0 Å². The van der Waals surface area contributed by atoms with E-state index in [2.05, 4.69) is 32.2 Å². The summed E-state index contributed by atoms with van der Waals surface area (Å²) in [7, 11) is 0. The molecule has 0 aliphatic carbocycles. The second-order valence-electron chi connectivity index (χ2n) is 5.01. The molecule has 1 aliphatic heterocycles. The first-order chi connectivity index (χ1) is 8.67. The Morgan fingerprint density at radius 2 is 2.06 bits per heavy atom. The lowest BCUT2D eigenvalue weighted by molar-refractivity contribution is 0.240. The number of anilines is 1. The molecular weight excluding hydrogens is 224 g/mol. The molecule has 98 valence electrons. The van der Waals surface area contributed by atoms with Crippen molar-refractivity contribution in [2.45, 2.75) is 52.1 Å². The summed E-state index contributed by atoms with van der Waals surface area (Å²) in [5.74, 6) is 0. The molecule has 18 heavy (non-hydrogen) atoms. The quantitative estimate of drug-likeness (QED) is 0.871. The molecule has 1 aromatic carbocycles. The second-order valence-corrected chi connectivity index (χ2v) is 5.01. The Bertz CT molecular complexity index is 426. The molecule has 1 heterocycles. The minimum Gasteiger partial charge on any atom is -0.335 e. The first kappa shape index (κ1) is 12.9. The van der Waals surface area contributed by atoms with Crippen LogP contribution in [-0.2, 0) is 6.42 Å². The van der Waals surface area contributed by atoms with Crippen LogP contribution in [0.1, 0.15) is 39.2 Å². The fourth-order valence-electron chi connectivity index (χ4n) is 2.61. The summed E-state index contributed by atoms with van der Waals surface area (Å²) >= 11 is 0. The molecule has 1 aliphatic rings. The molecule has 1 aromatic rings. The van der Waals surface area contributed by atoms with E-state index in [0.717, 1.165) is 24.9 Å². The first-order valence-corrected chi connectivity index (χ1v) is 6.85. The highest BCUT2D eigenvalue weighted by molar-refractivity contribution is 5.95. The predicted octanol–water partition coefficient (Wildman–Crippen LogP) is 3.34. The average Bonchev–Trinajstić information content (AvgIpc) is 2.71. The zero-order valence-corrected chi connectivity index (χ0v) is 11.4. The lowest BCUT2D eigenvalue weighted by Crippen LogP contribution is -2.47. The molecule has 2 amide bonds. The van der Waals surface area contributed by atoms with Gasteiger partial charge in [-0.1, -0.05) is 32.0 Å². The monoisotopic (exact) mass is 246 g/mol. The summed E-state index contributed by atoms with van der Waals surface area (Å²) in [4.78, 5) is 14.3. The van der Waals surface area contributed by atoms with E-state index in [0.29, 0.717) is 0 Å². The molecule has 0 bridgehead atoms. The van der Waals surface area contributed by atoms with E-state index in [1.807, 2.05) is 23.1 Å². The SMILES string of the molecule is CCC(CC)NC(=O)N1c2ccccc2CC1C. The van der Waals surface area contributed by atoms with Crippen LogP contribution in [0.4, 0.5) is 10.5 Å². The van der Waals surface area contributed by atoms with Gasteiger partial charge in [-0.15, -0.1) is 0 Å². The van der Waals surface area contributed by atoms with Crippen molar-refractivity contribution in [1.82, 2.24) is 5.32 Å². The normalized spacial score (nSPS) is 18.0. The van der Waals surface area contributed by atoms with Crippen LogP contribution in [-0.4, -0.2) is 18.1 Å². The van der Waals surface area contributed by atoms with Gasteiger partial charge in [-0.25, -0.2) is 4.79 Å². The maximum Gasteiger partial charge on any atom is 0.322 e. The zero-order valence-electron chi connectivity index (χ0n) is 11.4. The van der Waals surface area contributed by atoms with E-state index >= 15 is 0 Å². The minimum atomic E-state index is 0.0427. The summed E-state index contributed by atoms with van der Waals surface area (Å²) < 4.78 is 0. The average molecular weight is 246 g/mol. The number of nitrogens with zero attached hydrogens (tertiary/aromatic N) is 1. The van der Waals surface area contributed by atoms with Crippen molar-refractivity contribution >= 4 is 11.7 Å². The van der Waals surface area contributed by atoms with Crippen molar-refractivity contribution in [3.63, 3.8) is 0 Å². The summed E-state index contributed by atoms with van der Waals surface area (Å²) in [6.07, 6.45) is 2.91. The summed E-state index contributed by atoms with van der Waals surface area (Å²) in [5.41, 5.74) is 2.33. The lowest BCUT2D eigenvalue weighted by Gasteiger charge is -2.26. The highest BCUT2D eigenvalue weighted by Crippen LogP contribution is 2.31. The standard InChI is InChI=1S/C15H22N2O/c1-4-13(5-2)16-15(18)17-11(3)10-12-8-6-7-9-14(12)17/h6-9,11,13H,4-5,10H2,1-3H3,(H,16,18). The molecule has 0 aromatic heterocycles. The Labute approximate surface area is 109 Å². The number of fused-ring (bicyclic) bond motifs is 1. The van der Waals surface area contributed by atoms with Gasteiger partial charge in [0.05, 0.1) is 0 Å². The van der Waals surface area contributed by atoms with Crippen LogP contribution in [0.25, 0.3) is 0 Å². The van der Waals surface area contributed by atoms with Crippen molar-refractivity contribution in [3.8, 4) is 0 Å². The highest BCUT2D eigenvalue weighted by Gasteiger charge is 2.30. The zero-order chi connectivity index (χ0) is 13.1. The predicted molar refractivity (Wildman–Crippen MR) is 75.0 cm³/mol. The van der Waals surface area contributed by atoms with E-state index in [1.54, 1.807) is 0 Å². The van der Waals surface area contributed by atoms with Crippen LogP contribution in [0.3, 0.4) is 0 Å².